The molecule has 0 aliphatic rings. The van der Waals surface area contributed by atoms with Crippen LogP contribution in [0.3, 0.4) is 0 Å². The number of carbonyl (C=O) groups is 1. The van der Waals surface area contributed by atoms with Gasteiger partial charge in [-0.2, -0.15) is 0 Å². The van der Waals surface area contributed by atoms with Crippen molar-refractivity contribution in [2.75, 3.05) is 13.7 Å². The van der Waals surface area contributed by atoms with E-state index in [4.69, 9.17) is 4.74 Å². The van der Waals surface area contributed by atoms with Crippen LogP contribution in [-0.4, -0.2) is 34.1 Å². The van der Waals surface area contributed by atoms with Gasteiger partial charge in [0.25, 0.3) is 5.91 Å². The first-order chi connectivity index (χ1) is 10.1. The van der Waals surface area contributed by atoms with Gasteiger partial charge in [-0.1, -0.05) is 0 Å². The molecule has 1 N–H and O–H groups in total. The van der Waals surface area contributed by atoms with E-state index < -0.39 is 0 Å². The smallest absolute Gasteiger partial charge is 0.253 e. The normalized spacial score (nSPS) is 10.6. The zero-order valence-corrected chi connectivity index (χ0v) is 12.6. The molecule has 0 fully saturated rings. The van der Waals surface area contributed by atoms with E-state index in [2.05, 4.69) is 15.3 Å². The zero-order chi connectivity index (χ0) is 15.2. The lowest BCUT2D eigenvalue weighted by molar-refractivity contribution is 0.0951. The van der Waals surface area contributed by atoms with E-state index in [9.17, 15) is 4.79 Å². The Kier molecular flexibility index (Phi) is 5.05. The van der Waals surface area contributed by atoms with Crippen LogP contribution >= 0.6 is 0 Å². The Balaban J connectivity index is 1.94. The van der Waals surface area contributed by atoms with Crippen molar-refractivity contribution in [3.05, 3.63) is 47.3 Å². The van der Waals surface area contributed by atoms with Crippen LogP contribution in [0.2, 0.25) is 0 Å². The minimum absolute atomic E-state index is 0.105. The number of imidazole rings is 1. The van der Waals surface area contributed by atoms with Crippen LogP contribution in [0.1, 0.15) is 27.4 Å². The average molecular weight is 288 g/mol. The van der Waals surface area contributed by atoms with Gasteiger partial charge >= 0.3 is 0 Å². The highest BCUT2D eigenvalue weighted by molar-refractivity contribution is 5.95. The van der Waals surface area contributed by atoms with Gasteiger partial charge in [0.15, 0.2) is 0 Å². The van der Waals surface area contributed by atoms with Gasteiger partial charge in [-0.25, -0.2) is 4.98 Å². The minimum atomic E-state index is -0.105. The van der Waals surface area contributed by atoms with Crippen molar-refractivity contribution in [3.8, 4) is 0 Å². The number of nitrogens with one attached hydrogen (secondary N) is 1. The lowest BCUT2D eigenvalue weighted by Crippen LogP contribution is -2.28. The first-order valence-electron chi connectivity index (χ1n) is 6.82. The summed E-state index contributed by atoms with van der Waals surface area (Å²) in [5, 5.41) is 2.91. The van der Waals surface area contributed by atoms with E-state index in [1.165, 1.54) is 0 Å². The van der Waals surface area contributed by atoms with Crippen LogP contribution in [0.25, 0.3) is 0 Å². The molecule has 6 nitrogen and oxygen atoms in total. The number of nitrogens with zero attached hydrogens (tertiary/aromatic N) is 3. The average Bonchev–Trinajstić information content (AvgIpc) is 2.81. The predicted molar refractivity (Wildman–Crippen MR) is 79.0 cm³/mol. The van der Waals surface area contributed by atoms with E-state index >= 15 is 0 Å². The molecule has 0 spiro atoms. The second-order valence-electron chi connectivity index (χ2n) is 4.85. The molecule has 2 aromatic rings. The molecule has 0 atom stereocenters. The molecule has 21 heavy (non-hydrogen) atoms. The highest BCUT2D eigenvalue weighted by atomic mass is 16.5. The maximum Gasteiger partial charge on any atom is 0.253 e. The predicted octanol–water partition coefficient (Wildman–Crippen LogP) is 1.47. The topological polar surface area (TPSA) is 69.0 Å². The third kappa shape index (κ3) is 3.66. The number of amides is 1. The molecule has 2 rings (SSSR count). The number of hydrogen-bond acceptors (Lipinski definition) is 4. The van der Waals surface area contributed by atoms with Crippen molar-refractivity contribution in [2.24, 2.45) is 0 Å². The van der Waals surface area contributed by atoms with E-state index in [1.807, 2.05) is 24.5 Å². The van der Waals surface area contributed by atoms with Crippen LogP contribution in [0, 0.1) is 13.8 Å². The molecule has 0 unspecified atom stereocenters. The molecule has 0 aromatic carbocycles. The molecule has 0 aliphatic carbocycles. The van der Waals surface area contributed by atoms with Crippen LogP contribution in [0.5, 0.6) is 0 Å². The molecule has 0 radical (unpaired) electrons. The van der Waals surface area contributed by atoms with Crippen LogP contribution in [0.4, 0.5) is 0 Å². The fourth-order valence-corrected chi connectivity index (χ4v) is 2.14. The maximum atomic E-state index is 12.1. The maximum absolute atomic E-state index is 12.1. The molecule has 0 saturated heterocycles. The number of methoxy groups -OCH3 is 1. The monoisotopic (exact) mass is 288 g/mol. The molecule has 2 heterocycles. The molecule has 2 aromatic heterocycles. The van der Waals surface area contributed by atoms with Gasteiger partial charge in [0.1, 0.15) is 12.4 Å². The Hall–Kier alpha value is -2.21. The molecule has 0 bridgehead atoms. The highest BCUT2D eigenvalue weighted by Crippen LogP contribution is 2.06. The Labute approximate surface area is 124 Å². The third-order valence-corrected chi connectivity index (χ3v) is 3.32. The fraction of sp³-hybridized carbons (Fsp3) is 0.400. The molecule has 6 heteroatoms. The van der Waals surface area contributed by atoms with E-state index in [-0.39, 0.29) is 5.91 Å². The van der Waals surface area contributed by atoms with Gasteiger partial charge in [0.2, 0.25) is 0 Å². The number of ether oxygens (including phenoxy) is 1. The lowest BCUT2D eigenvalue weighted by atomic mass is 10.1. The van der Waals surface area contributed by atoms with Crippen molar-refractivity contribution in [2.45, 2.75) is 27.0 Å². The molecule has 0 aliphatic heterocycles. The first-order valence-corrected chi connectivity index (χ1v) is 6.82. The van der Waals surface area contributed by atoms with Crippen molar-refractivity contribution in [1.29, 1.82) is 0 Å². The second kappa shape index (κ2) is 6.99. The summed E-state index contributed by atoms with van der Waals surface area (Å²) in [6.45, 7) is 5.53. The number of rotatable bonds is 6. The van der Waals surface area contributed by atoms with Crippen molar-refractivity contribution in [3.63, 3.8) is 0 Å². The summed E-state index contributed by atoms with van der Waals surface area (Å²) in [6.07, 6.45) is 5.07. The number of pyridine rings is 1. The minimum Gasteiger partial charge on any atom is -0.377 e. The number of aromatic nitrogens is 3. The summed E-state index contributed by atoms with van der Waals surface area (Å²) in [4.78, 5) is 20.4. The Morgan fingerprint density at radius 3 is 2.90 bits per heavy atom. The molecular weight excluding hydrogens is 268 g/mol. The molecule has 1 amide bonds. The summed E-state index contributed by atoms with van der Waals surface area (Å²) >= 11 is 0. The Morgan fingerprint density at radius 2 is 2.19 bits per heavy atom. The fourth-order valence-electron chi connectivity index (χ4n) is 2.14. The van der Waals surface area contributed by atoms with Gasteiger partial charge in [0, 0.05) is 44.5 Å². The largest absolute Gasteiger partial charge is 0.377 e. The van der Waals surface area contributed by atoms with Gasteiger partial charge in [0.05, 0.1) is 5.56 Å². The number of hydrogen-bond donors (Lipinski definition) is 1. The van der Waals surface area contributed by atoms with E-state index in [0.717, 1.165) is 17.1 Å². The highest BCUT2D eigenvalue weighted by Gasteiger charge is 2.10. The quantitative estimate of drug-likeness (QED) is 0.874. The summed E-state index contributed by atoms with van der Waals surface area (Å²) < 4.78 is 7.16. The van der Waals surface area contributed by atoms with E-state index in [0.29, 0.717) is 25.3 Å². The zero-order valence-electron chi connectivity index (χ0n) is 12.6. The summed E-state index contributed by atoms with van der Waals surface area (Å²) in [6, 6.07) is 1.83. The summed E-state index contributed by atoms with van der Waals surface area (Å²) in [5.41, 5.74) is 2.58. The standard InChI is InChI=1S/C15H20N4O2/c1-11-4-5-16-9-13(11)15(20)17-6-7-19-12(2)8-18-14(19)10-21-3/h4-5,8-9H,6-7,10H2,1-3H3,(H,17,20). The Bertz CT molecular complexity index is 622. The van der Waals surface area contributed by atoms with Crippen LogP contribution < -0.4 is 5.32 Å². The lowest BCUT2D eigenvalue weighted by Gasteiger charge is -2.11. The number of aryl methyl sites for hydroxylation is 2. The number of carbonyl (C=O) groups excluding carboxylic acids is 1. The van der Waals surface area contributed by atoms with Crippen molar-refractivity contribution >= 4 is 5.91 Å². The molecule has 112 valence electrons. The van der Waals surface area contributed by atoms with Crippen LogP contribution in [0.15, 0.2) is 24.7 Å². The second-order valence-corrected chi connectivity index (χ2v) is 4.85. The van der Waals surface area contributed by atoms with Crippen molar-refractivity contribution < 1.29 is 9.53 Å². The SMILES string of the molecule is COCc1ncc(C)n1CCNC(=O)c1cnccc1C. The first kappa shape index (κ1) is 15.2. The Morgan fingerprint density at radius 1 is 1.38 bits per heavy atom. The third-order valence-electron chi connectivity index (χ3n) is 3.32. The van der Waals surface area contributed by atoms with Gasteiger partial charge in [-0.15, -0.1) is 0 Å². The van der Waals surface area contributed by atoms with E-state index in [1.54, 1.807) is 25.7 Å². The molecular formula is C15H20N4O2. The van der Waals surface area contributed by atoms with Gasteiger partial charge in [-0.3, -0.25) is 9.78 Å². The summed E-state index contributed by atoms with van der Waals surface area (Å²) in [7, 11) is 1.64. The van der Waals surface area contributed by atoms with Crippen LogP contribution in [-0.2, 0) is 17.9 Å². The van der Waals surface area contributed by atoms with Gasteiger partial charge < -0.3 is 14.6 Å². The van der Waals surface area contributed by atoms with Gasteiger partial charge in [-0.05, 0) is 25.5 Å². The molecule has 0 saturated carbocycles. The van der Waals surface area contributed by atoms with Crippen molar-refractivity contribution in [1.82, 2.24) is 19.9 Å². The summed E-state index contributed by atoms with van der Waals surface area (Å²) in [5.74, 6) is 0.758.